The first kappa shape index (κ1) is 16.5. The van der Waals surface area contributed by atoms with Crippen molar-refractivity contribution < 1.29 is 0 Å². The first-order valence-corrected chi connectivity index (χ1v) is 10.6. The van der Waals surface area contributed by atoms with Crippen molar-refractivity contribution >= 4 is 43.2 Å². The zero-order valence-electron chi connectivity index (χ0n) is 16.0. The summed E-state index contributed by atoms with van der Waals surface area (Å²) in [6.07, 6.45) is 0. The van der Waals surface area contributed by atoms with E-state index in [4.69, 9.17) is 4.98 Å². The Kier molecular flexibility index (Phi) is 3.58. The number of para-hydroxylation sites is 2. The Labute approximate surface area is 172 Å². The number of fused-ring (bicyclic) bond motifs is 3. The van der Waals surface area contributed by atoms with Crippen LogP contribution in [0.4, 0.5) is 0 Å². The quantitative estimate of drug-likeness (QED) is 0.302. The molecule has 0 bridgehead atoms. The highest BCUT2D eigenvalue weighted by Crippen LogP contribution is 2.38. The summed E-state index contributed by atoms with van der Waals surface area (Å²) in [5, 5.41) is 5.97. The molecule has 0 saturated carbocycles. The molecule has 2 heterocycles. The van der Waals surface area contributed by atoms with Crippen LogP contribution >= 0.6 is 11.3 Å². The highest BCUT2D eigenvalue weighted by molar-refractivity contribution is 7.17. The molecule has 0 spiro atoms. The molecular weight excluding hydrogens is 372 g/mol. The van der Waals surface area contributed by atoms with Crippen molar-refractivity contribution in [2.75, 3.05) is 0 Å². The lowest BCUT2D eigenvalue weighted by molar-refractivity contribution is 1.12. The van der Waals surface area contributed by atoms with Gasteiger partial charge in [0.1, 0.15) is 5.82 Å². The second-order valence-corrected chi connectivity index (χ2v) is 8.32. The number of hydrogen-bond acceptors (Lipinski definition) is 2. The molecule has 0 aliphatic heterocycles. The van der Waals surface area contributed by atoms with Crippen LogP contribution in [0.15, 0.2) is 90.3 Å². The highest BCUT2D eigenvalue weighted by atomic mass is 32.1. The third-order valence-electron chi connectivity index (χ3n) is 5.54. The largest absolute Gasteiger partial charge is 0.292 e. The first-order valence-electron chi connectivity index (χ1n) is 9.73. The van der Waals surface area contributed by atoms with Gasteiger partial charge in [-0.3, -0.25) is 4.57 Å². The Balaban J connectivity index is 1.74. The van der Waals surface area contributed by atoms with E-state index in [9.17, 15) is 0 Å². The molecular formula is C26H18N2S. The molecule has 0 aliphatic rings. The minimum atomic E-state index is 0.998. The van der Waals surface area contributed by atoms with Crippen molar-refractivity contribution in [1.29, 1.82) is 0 Å². The van der Waals surface area contributed by atoms with E-state index in [2.05, 4.69) is 102 Å². The van der Waals surface area contributed by atoms with Crippen LogP contribution < -0.4 is 0 Å². The second-order valence-electron chi connectivity index (χ2n) is 7.41. The van der Waals surface area contributed by atoms with Crippen LogP contribution in [-0.2, 0) is 0 Å². The highest BCUT2D eigenvalue weighted by Gasteiger charge is 2.18. The number of aromatic nitrogens is 2. The molecule has 0 N–H and O–H groups in total. The van der Waals surface area contributed by atoms with Crippen molar-refractivity contribution in [2.24, 2.45) is 0 Å². The maximum absolute atomic E-state index is 5.08. The average molecular weight is 391 g/mol. The molecule has 0 fully saturated rings. The standard InChI is InChI=1S/C26H18N2S/c1-17-13-14-20-21(16-29-25(20)15-17)26-27-22-10-4-5-11-24(22)28(26)23-12-6-8-18-7-2-3-9-19(18)23/h2-16H,1H3. The van der Waals surface area contributed by atoms with Gasteiger partial charge in [-0.05, 0) is 42.1 Å². The van der Waals surface area contributed by atoms with Crippen molar-refractivity contribution in [3.63, 3.8) is 0 Å². The topological polar surface area (TPSA) is 17.8 Å². The molecule has 0 radical (unpaired) electrons. The van der Waals surface area contributed by atoms with Gasteiger partial charge >= 0.3 is 0 Å². The Bertz CT molecular complexity index is 1520. The van der Waals surface area contributed by atoms with Crippen LogP contribution in [0, 0.1) is 6.92 Å². The van der Waals surface area contributed by atoms with E-state index in [1.54, 1.807) is 11.3 Å². The summed E-state index contributed by atoms with van der Waals surface area (Å²) in [5.74, 6) is 0.998. The van der Waals surface area contributed by atoms with Crippen LogP contribution in [0.1, 0.15) is 5.56 Å². The lowest BCUT2D eigenvalue weighted by Crippen LogP contribution is -1.98. The molecule has 0 unspecified atom stereocenters. The minimum absolute atomic E-state index is 0.998. The smallest absolute Gasteiger partial charge is 0.147 e. The average Bonchev–Trinajstić information content (AvgIpc) is 3.34. The number of hydrogen-bond donors (Lipinski definition) is 0. The zero-order valence-corrected chi connectivity index (χ0v) is 16.8. The van der Waals surface area contributed by atoms with Gasteiger partial charge in [-0.15, -0.1) is 11.3 Å². The molecule has 0 aliphatic carbocycles. The maximum atomic E-state index is 5.08. The number of aryl methyl sites for hydroxylation is 1. The van der Waals surface area contributed by atoms with Gasteiger partial charge in [-0.2, -0.15) is 0 Å². The normalized spacial score (nSPS) is 11.6. The number of nitrogens with zero attached hydrogens (tertiary/aromatic N) is 2. The molecule has 6 aromatic rings. The predicted octanol–water partition coefficient (Wildman–Crippen LogP) is 7.37. The van der Waals surface area contributed by atoms with Gasteiger partial charge in [-0.25, -0.2) is 4.98 Å². The summed E-state index contributed by atoms with van der Waals surface area (Å²) in [7, 11) is 0. The third-order valence-corrected chi connectivity index (χ3v) is 6.49. The van der Waals surface area contributed by atoms with Gasteiger partial charge in [0.25, 0.3) is 0 Å². The summed E-state index contributed by atoms with van der Waals surface area (Å²) in [5.41, 5.74) is 5.79. The molecule has 0 amide bonds. The molecule has 6 rings (SSSR count). The molecule has 3 heteroatoms. The fourth-order valence-corrected chi connectivity index (χ4v) is 5.20. The van der Waals surface area contributed by atoms with E-state index in [1.807, 2.05) is 0 Å². The monoisotopic (exact) mass is 390 g/mol. The SMILES string of the molecule is Cc1ccc2c(-c3nc4ccccc4n3-c3cccc4ccccc34)csc2c1. The Morgan fingerprint density at radius 3 is 2.59 bits per heavy atom. The van der Waals surface area contributed by atoms with Gasteiger partial charge in [-0.1, -0.05) is 60.7 Å². The van der Waals surface area contributed by atoms with Crippen molar-refractivity contribution in [3.8, 4) is 17.1 Å². The fourth-order valence-electron chi connectivity index (χ4n) is 4.16. The van der Waals surface area contributed by atoms with E-state index < -0.39 is 0 Å². The molecule has 138 valence electrons. The van der Waals surface area contributed by atoms with Gasteiger partial charge in [0, 0.05) is 26.4 Å². The molecule has 4 aromatic carbocycles. The number of rotatable bonds is 2. The van der Waals surface area contributed by atoms with Gasteiger partial charge in [0.05, 0.1) is 16.7 Å². The van der Waals surface area contributed by atoms with Crippen molar-refractivity contribution in [3.05, 3.63) is 95.9 Å². The zero-order chi connectivity index (χ0) is 19.4. The third kappa shape index (κ3) is 2.51. The van der Waals surface area contributed by atoms with Crippen molar-refractivity contribution in [1.82, 2.24) is 9.55 Å². The molecule has 29 heavy (non-hydrogen) atoms. The van der Waals surface area contributed by atoms with Gasteiger partial charge in [0.15, 0.2) is 0 Å². The summed E-state index contributed by atoms with van der Waals surface area (Å²) < 4.78 is 3.62. The number of benzene rings is 4. The summed E-state index contributed by atoms with van der Waals surface area (Å²) in [4.78, 5) is 5.08. The van der Waals surface area contributed by atoms with Crippen LogP contribution in [0.3, 0.4) is 0 Å². The fraction of sp³-hybridized carbons (Fsp3) is 0.0385. The number of thiophene rings is 1. The lowest BCUT2D eigenvalue weighted by atomic mass is 10.1. The maximum Gasteiger partial charge on any atom is 0.147 e. The second kappa shape index (κ2) is 6.29. The van der Waals surface area contributed by atoms with Gasteiger partial charge < -0.3 is 0 Å². The minimum Gasteiger partial charge on any atom is -0.292 e. The summed E-state index contributed by atoms with van der Waals surface area (Å²) in [6, 6.07) is 30.1. The predicted molar refractivity (Wildman–Crippen MR) is 124 cm³/mol. The first-order chi connectivity index (χ1) is 14.3. The van der Waals surface area contributed by atoms with E-state index >= 15 is 0 Å². The van der Waals surface area contributed by atoms with E-state index in [1.165, 1.54) is 37.7 Å². The Morgan fingerprint density at radius 2 is 1.62 bits per heavy atom. The molecule has 2 nitrogen and oxygen atoms in total. The van der Waals surface area contributed by atoms with Crippen LogP contribution in [0.5, 0.6) is 0 Å². The van der Waals surface area contributed by atoms with E-state index in [0.29, 0.717) is 0 Å². The Morgan fingerprint density at radius 1 is 0.793 bits per heavy atom. The summed E-state index contributed by atoms with van der Waals surface area (Å²) in [6.45, 7) is 2.14. The van der Waals surface area contributed by atoms with Gasteiger partial charge in [0.2, 0.25) is 0 Å². The van der Waals surface area contributed by atoms with Crippen LogP contribution in [-0.4, -0.2) is 9.55 Å². The summed E-state index contributed by atoms with van der Waals surface area (Å²) >= 11 is 1.79. The molecule has 2 aromatic heterocycles. The van der Waals surface area contributed by atoms with E-state index in [-0.39, 0.29) is 0 Å². The van der Waals surface area contributed by atoms with Crippen LogP contribution in [0.2, 0.25) is 0 Å². The van der Waals surface area contributed by atoms with Crippen molar-refractivity contribution in [2.45, 2.75) is 6.92 Å². The Hall–Kier alpha value is -3.43. The number of imidazole rings is 1. The molecule has 0 atom stereocenters. The van der Waals surface area contributed by atoms with E-state index in [0.717, 1.165) is 16.9 Å². The molecule has 0 saturated heterocycles. The lowest BCUT2D eigenvalue weighted by Gasteiger charge is -2.12. The van der Waals surface area contributed by atoms with Crippen LogP contribution in [0.25, 0.3) is 49.0 Å².